The van der Waals surface area contributed by atoms with E-state index in [1.807, 2.05) is 55.5 Å². The second-order valence-electron chi connectivity index (χ2n) is 14.6. The molecule has 0 unspecified atom stereocenters. The fourth-order valence-corrected chi connectivity index (χ4v) is 7.12. The Hall–Kier alpha value is -5.27. The summed E-state index contributed by atoms with van der Waals surface area (Å²) < 4.78 is 28.2. The lowest BCUT2D eigenvalue weighted by molar-refractivity contribution is -0.243. The zero-order valence-corrected chi connectivity index (χ0v) is 32.2. The number of nitrogens with one attached hydrogen (secondary N) is 2. The van der Waals surface area contributed by atoms with E-state index in [2.05, 4.69) is 10.6 Å². The van der Waals surface area contributed by atoms with Crippen LogP contribution in [0.3, 0.4) is 0 Å². The van der Waals surface area contributed by atoms with Crippen LogP contribution >= 0.6 is 0 Å². The van der Waals surface area contributed by atoms with Crippen LogP contribution in [0, 0.1) is 23.7 Å². The monoisotopic (exact) mass is 758 g/mol. The third-order valence-electron chi connectivity index (χ3n) is 10.4. The standard InChI is InChI=1S/C42H50N2O11/c1-22(2)36(44-42(50)52-21-32-30-14-10-8-12-28(30)29-13-9-11-15-31(29)32)34(47)18-23(3)39(48)43-33-17-16-27(20-45)19-35(33)54-41-25(5)24(4)37(53-26(6)46)38(55-41)40(49)51-7/h8-17,19,22-25,32,36-38,41,45H,18,20-21H2,1-7H3,(H,43,48)(H,44,50)/t23-,24-,25-,36+,37+,38+,41-/m1/s1. The van der Waals surface area contributed by atoms with Gasteiger partial charge < -0.3 is 39.4 Å². The molecule has 1 fully saturated rings. The van der Waals surface area contributed by atoms with Crippen LogP contribution in [0.5, 0.6) is 5.75 Å². The van der Waals surface area contributed by atoms with Crippen LogP contribution in [0.4, 0.5) is 10.5 Å². The van der Waals surface area contributed by atoms with E-state index in [1.54, 1.807) is 39.8 Å². The minimum absolute atomic E-state index is 0.0941. The van der Waals surface area contributed by atoms with Gasteiger partial charge in [0.15, 0.2) is 11.9 Å². The number of esters is 2. The topological polar surface area (TPSA) is 176 Å². The molecule has 2 amide bonds. The second kappa shape index (κ2) is 17.9. The van der Waals surface area contributed by atoms with Gasteiger partial charge in [-0.05, 0) is 45.9 Å². The molecule has 0 spiro atoms. The minimum atomic E-state index is -1.27. The van der Waals surface area contributed by atoms with Gasteiger partial charge in [0.1, 0.15) is 18.5 Å². The third-order valence-corrected chi connectivity index (χ3v) is 10.4. The molecule has 0 radical (unpaired) electrons. The Kier molecular flexibility index (Phi) is 13.3. The molecule has 294 valence electrons. The Balaban J connectivity index is 1.22. The molecule has 0 saturated carbocycles. The molecule has 2 aliphatic rings. The number of hydrogen-bond acceptors (Lipinski definition) is 11. The van der Waals surface area contributed by atoms with Crippen LogP contribution in [0.25, 0.3) is 11.1 Å². The highest BCUT2D eigenvalue weighted by Crippen LogP contribution is 2.44. The molecule has 5 rings (SSSR count). The first-order valence-electron chi connectivity index (χ1n) is 18.5. The summed E-state index contributed by atoms with van der Waals surface area (Å²) in [6.07, 6.45) is -4.13. The lowest BCUT2D eigenvalue weighted by Gasteiger charge is -2.42. The van der Waals surface area contributed by atoms with Crippen molar-refractivity contribution < 1.29 is 52.8 Å². The lowest BCUT2D eigenvalue weighted by atomic mass is 9.84. The van der Waals surface area contributed by atoms with Gasteiger partial charge in [0.2, 0.25) is 12.2 Å². The molecule has 3 aromatic carbocycles. The highest BCUT2D eigenvalue weighted by atomic mass is 16.7. The van der Waals surface area contributed by atoms with Gasteiger partial charge in [-0.1, -0.05) is 89.2 Å². The maximum Gasteiger partial charge on any atom is 0.407 e. The van der Waals surface area contributed by atoms with Crippen molar-refractivity contribution in [1.29, 1.82) is 0 Å². The molecule has 1 aliphatic heterocycles. The zero-order chi connectivity index (χ0) is 40.0. The molecule has 0 aromatic heterocycles. The van der Waals surface area contributed by atoms with Crippen molar-refractivity contribution >= 4 is 35.4 Å². The van der Waals surface area contributed by atoms with Gasteiger partial charge in [0.25, 0.3) is 0 Å². The molecular weight excluding hydrogens is 708 g/mol. The normalized spacial score (nSPS) is 21.4. The van der Waals surface area contributed by atoms with Crippen molar-refractivity contribution in [3.8, 4) is 16.9 Å². The first kappa shape index (κ1) is 40.9. The Morgan fingerprint density at radius 2 is 1.53 bits per heavy atom. The zero-order valence-electron chi connectivity index (χ0n) is 32.2. The fourth-order valence-electron chi connectivity index (χ4n) is 7.12. The molecule has 1 heterocycles. The number of methoxy groups -OCH3 is 1. The summed E-state index contributed by atoms with van der Waals surface area (Å²) in [5.74, 6) is -4.06. The Bertz CT molecular complexity index is 1850. The van der Waals surface area contributed by atoms with Gasteiger partial charge in [-0.25, -0.2) is 9.59 Å². The van der Waals surface area contributed by atoms with E-state index in [0.717, 1.165) is 22.3 Å². The Morgan fingerprint density at radius 1 is 0.891 bits per heavy atom. The molecule has 3 aromatic rings. The van der Waals surface area contributed by atoms with Crippen molar-refractivity contribution in [2.24, 2.45) is 23.7 Å². The van der Waals surface area contributed by atoms with Crippen LogP contribution < -0.4 is 15.4 Å². The minimum Gasteiger partial charge on any atom is -0.467 e. The number of amides is 2. The number of aliphatic hydroxyl groups is 1. The van der Waals surface area contributed by atoms with Crippen molar-refractivity contribution in [3.05, 3.63) is 83.4 Å². The number of benzene rings is 3. The fraction of sp³-hybridized carbons (Fsp3) is 0.452. The van der Waals surface area contributed by atoms with E-state index in [9.17, 15) is 29.1 Å². The number of carbonyl (C=O) groups is 5. The van der Waals surface area contributed by atoms with Gasteiger partial charge in [-0.15, -0.1) is 0 Å². The van der Waals surface area contributed by atoms with Gasteiger partial charge in [0, 0.05) is 37.0 Å². The number of alkyl carbamates (subject to hydrolysis) is 1. The van der Waals surface area contributed by atoms with E-state index in [0.29, 0.717) is 5.56 Å². The van der Waals surface area contributed by atoms with Gasteiger partial charge in [0.05, 0.1) is 25.4 Å². The van der Waals surface area contributed by atoms with E-state index >= 15 is 0 Å². The predicted molar refractivity (Wildman–Crippen MR) is 202 cm³/mol. The van der Waals surface area contributed by atoms with Crippen molar-refractivity contribution in [3.63, 3.8) is 0 Å². The van der Waals surface area contributed by atoms with E-state index < -0.39 is 66.2 Å². The summed E-state index contributed by atoms with van der Waals surface area (Å²) in [5, 5.41) is 15.4. The number of ether oxygens (including phenoxy) is 5. The Labute approximate surface area is 321 Å². The number of hydrogen-bond donors (Lipinski definition) is 3. The molecule has 0 bridgehead atoms. The van der Waals surface area contributed by atoms with Crippen molar-refractivity contribution in [2.75, 3.05) is 19.0 Å². The van der Waals surface area contributed by atoms with Gasteiger partial charge in [-0.3, -0.25) is 14.4 Å². The van der Waals surface area contributed by atoms with Gasteiger partial charge >= 0.3 is 18.0 Å². The van der Waals surface area contributed by atoms with Crippen LogP contribution in [-0.4, -0.2) is 73.1 Å². The molecule has 13 nitrogen and oxygen atoms in total. The van der Waals surface area contributed by atoms with E-state index in [-0.39, 0.29) is 48.7 Å². The summed E-state index contributed by atoms with van der Waals surface area (Å²) in [5.41, 5.74) is 5.06. The second-order valence-corrected chi connectivity index (χ2v) is 14.6. The highest BCUT2D eigenvalue weighted by Gasteiger charge is 2.48. The summed E-state index contributed by atoms with van der Waals surface area (Å²) >= 11 is 0. The maximum atomic E-state index is 13.6. The van der Waals surface area contributed by atoms with Crippen molar-refractivity contribution in [2.45, 2.75) is 85.0 Å². The molecule has 7 atom stereocenters. The highest BCUT2D eigenvalue weighted by molar-refractivity contribution is 5.98. The summed E-state index contributed by atoms with van der Waals surface area (Å²) in [6, 6.07) is 19.8. The molecule has 1 saturated heterocycles. The number of ketones is 1. The van der Waals surface area contributed by atoms with Crippen molar-refractivity contribution in [1.82, 2.24) is 5.32 Å². The summed E-state index contributed by atoms with van der Waals surface area (Å²) in [7, 11) is 1.19. The number of fused-ring (bicyclic) bond motifs is 3. The van der Waals surface area contributed by atoms with E-state index in [4.69, 9.17) is 23.7 Å². The summed E-state index contributed by atoms with van der Waals surface area (Å²) in [6.45, 7) is 9.83. The molecule has 3 N–H and O–H groups in total. The van der Waals surface area contributed by atoms with Crippen LogP contribution in [0.1, 0.15) is 70.6 Å². The lowest BCUT2D eigenvalue weighted by Crippen LogP contribution is -2.55. The first-order chi connectivity index (χ1) is 26.2. The average molecular weight is 759 g/mol. The SMILES string of the molecule is COC(=O)[C@H]1O[C@@H](Oc2cc(CO)ccc2NC(=O)[C@H](C)CC(=O)[C@@H](NC(=O)OCC2c3ccccc3-c3ccccc32)C(C)C)[C@H](C)[C@@H](C)[C@@H]1OC(C)=O. The smallest absolute Gasteiger partial charge is 0.407 e. The first-order valence-corrected chi connectivity index (χ1v) is 18.5. The number of Topliss-reactive ketones (excluding diaryl/α,β-unsaturated/α-hetero) is 1. The number of aliphatic hydroxyl groups excluding tert-OH is 1. The number of anilines is 1. The number of rotatable bonds is 14. The predicted octanol–water partition coefficient (Wildman–Crippen LogP) is 5.76. The quantitative estimate of drug-likeness (QED) is 0.135. The summed E-state index contributed by atoms with van der Waals surface area (Å²) in [4.78, 5) is 64.7. The maximum absolute atomic E-state index is 13.6. The molecule has 55 heavy (non-hydrogen) atoms. The molecular formula is C42H50N2O11. The third kappa shape index (κ3) is 9.34. The number of carbonyl (C=O) groups excluding carboxylic acids is 5. The largest absolute Gasteiger partial charge is 0.467 e. The van der Waals surface area contributed by atoms with E-state index in [1.165, 1.54) is 20.1 Å². The molecule has 13 heteroatoms. The average Bonchev–Trinajstić information content (AvgIpc) is 3.49. The van der Waals surface area contributed by atoms with Gasteiger partial charge in [-0.2, -0.15) is 0 Å². The van der Waals surface area contributed by atoms with Crippen LogP contribution in [-0.2, 0) is 44.7 Å². The van der Waals surface area contributed by atoms with Crippen LogP contribution in [0.2, 0.25) is 0 Å². The van der Waals surface area contributed by atoms with Crippen LogP contribution in [0.15, 0.2) is 66.7 Å². The Morgan fingerprint density at radius 3 is 2.11 bits per heavy atom. The molecule has 1 aliphatic carbocycles.